The molecular weight excluding hydrogens is 575 g/mol. The number of carbonyl (C=O) groups excluding carboxylic acids is 3. The number of rotatable bonds is 10. The Kier molecular flexibility index (Phi) is 9.48. The molecular formula is C34H35FN6O4. The largest absolute Gasteiger partial charge is 0.372 e. The molecule has 2 heterocycles. The second kappa shape index (κ2) is 13.6. The molecule has 0 spiro atoms. The quantitative estimate of drug-likeness (QED) is 0.233. The summed E-state index contributed by atoms with van der Waals surface area (Å²) in [4.78, 5) is 59.1. The molecule has 4 aromatic rings. The molecule has 45 heavy (non-hydrogen) atoms. The van der Waals surface area contributed by atoms with Crippen LogP contribution in [0.4, 0.5) is 15.9 Å². The number of nitrogens with zero attached hydrogens (tertiary/aromatic N) is 3. The van der Waals surface area contributed by atoms with Crippen LogP contribution >= 0.6 is 0 Å². The summed E-state index contributed by atoms with van der Waals surface area (Å²) >= 11 is 0. The van der Waals surface area contributed by atoms with E-state index in [1.165, 1.54) is 42.1 Å². The number of ketones is 1. The van der Waals surface area contributed by atoms with Gasteiger partial charge in [-0.05, 0) is 87.0 Å². The molecule has 10 nitrogen and oxygen atoms in total. The molecule has 0 saturated carbocycles. The van der Waals surface area contributed by atoms with Gasteiger partial charge in [-0.15, -0.1) is 0 Å². The van der Waals surface area contributed by atoms with Gasteiger partial charge in [0.25, 0.3) is 11.5 Å². The van der Waals surface area contributed by atoms with Crippen molar-refractivity contribution in [1.29, 1.82) is 0 Å². The van der Waals surface area contributed by atoms with Gasteiger partial charge in [-0.25, -0.2) is 9.37 Å². The van der Waals surface area contributed by atoms with E-state index in [9.17, 15) is 23.6 Å². The normalized spacial score (nSPS) is 13.4. The third-order valence-corrected chi connectivity index (χ3v) is 7.93. The Bertz CT molecular complexity index is 1800. The van der Waals surface area contributed by atoms with Crippen LogP contribution < -0.4 is 26.4 Å². The van der Waals surface area contributed by atoms with Gasteiger partial charge in [-0.3, -0.25) is 23.7 Å². The third kappa shape index (κ3) is 6.99. The maximum Gasteiger partial charge on any atom is 0.294 e. The number of carbonyl (C=O) groups is 3. The first-order chi connectivity index (χ1) is 21.7. The summed E-state index contributed by atoms with van der Waals surface area (Å²) in [6.07, 6.45) is 3.53. The van der Waals surface area contributed by atoms with Crippen LogP contribution in [0.15, 0.2) is 77.7 Å². The van der Waals surface area contributed by atoms with E-state index >= 15 is 0 Å². The van der Waals surface area contributed by atoms with Crippen LogP contribution in [-0.4, -0.2) is 60.4 Å². The molecule has 5 rings (SSSR count). The Morgan fingerprint density at radius 2 is 1.67 bits per heavy atom. The molecule has 3 aromatic carbocycles. The first kappa shape index (κ1) is 31.3. The number of halogens is 1. The molecule has 1 saturated heterocycles. The monoisotopic (exact) mass is 610 g/mol. The van der Waals surface area contributed by atoms with Crippen LogP contribution in [0.1, 0.15) is 51.6 Å². The van der Waals surface area contributed by atoms with Crippen molar-refractivity contribution in [2.45, 2.75) is 32.4 Å². The highest BCUT2D eigenvalue weighted by Crippen LogP contribution is 2.27. The predicted octanol–water partition coefficient (Wildman–Crippen LogP) is 3.83. The molecule has 232 valence electrons. The molecule has 1 aliphatic rings. The summed E-state index contributed by atoms with van der Waals surface area (Å²) in [5.41, 5.74) is 3.11. The average molecular weight is 611 g/mol. The highest BCUT2D eigenvalue weighted by Gasteiger charge is 2.21. The Labute approximate surface area is 260 Å². The minimum absolute atomic E-state index is 0.0384. The first-order valence-corrected chi connectivity index (χ1v) is 14.8. The van der Waals surface area contributed by atoms with E-state index < -0.39 is 23.3 Å². The van der Waals surface area contributed by atoms with Crippen molar-refractivity contribution >= 4 is 29.1 Å². The molecule has 1 fully saturated rings. The van der Waals surface area contributed by atoms with Gasteiger partial charge in [0.15, 0.2) is 11.6 Å². The molecule has 3 N–H and O–H groups in total. The minimum Gasteiger partial charge on any atom is -0.372 e. The lowest BCUT2D eigenvalue weighted by molar-refractivity contribution is -0.117. The number of aromatic nitrogens is 2. The van der Waals surface area contributed by atoms with Crippen LogP contribution in [-0.2, 0) is 11.3 Å². The zero-order chi connectivity index (χ0) is 32.1. The lowest BCUT2D eigenvalue weighted by atomic mass is 9.99. The Morgan fingerprint density at radius 1 is 0.933 bits per heavy atom. The number of anilines is 2. The molecule has 1 aliphatic heterocycles. The van der Waals surface area contributed by atoms with E-state index in [0.717, 1.165) is 31.6 Å². The number of benzene rings is 3. The maximum atomic E-state index is 14.0. The van der Waals surface area contributed by atoms with Crippen molar-refractivity contribution < 1.29 is 18.8 Å². The van der Waals surface area contributed by atoms with E-state index in [-0.39, 0.29) is 24.1 Å². The van der Waals surface area contributed by atoms with Gasteiger partial charge in [0.2, 0.25) is 5.91 Å². The summed E-state index contributed by atoms with van der Waals surface area (Å²) in [5, 5.41) is 8.06. The van der Waals surface area contributed by atoms with Gasteiger partial charge in [0, 0.05) is 48.1 Å². The van der Waals surface area contributed by atoms with E-state index in [1.54, 1.807) is 44.3 Å². The van der Waals surface area contributed by atoms with Crippen LogP contribution in [0, 0.1) is 5.82 Å². The molecule has 1 atom stereocenters. The smallest absolute Gasteiger partial charge is 0.294 e. The summed E-state index contributed by atoms with van der Waals surface area (Å²) in [6.45, 7) is 3.37. The lowest BCUT2D eigenvalue weighted by Gasteiger charge is -2.21. The van der Waals surface area contributed by atoms with Gasteiger partial charge in [-0.2, -0.15) is 0 Å². The molecule has 0 unspecified atom stereocenters. The fraction of sp³-hybridized carbons (Fsp3) is 0.265. The molecule has 1 aromatic heterocycles. The van der Waals surface area contributed by atoms with Crippen molar-refractivity contribution in [2.75, 3.05) is 37.4 Å². The second-order valence-electron chi connectivity index (χ2n) is 11.0. The Hall–Kier alpha value is -5.16. The topological polar surface area (TPSA) is 125 Å². The Balaban J connectivity index is 1.63. The molecule has 0 radical (unpaired) electrons. The van der Waals surface area contributed by atoms with Gasteiger partial charge >= 0.3 is 0 Å². The van der Waals surface area contributed by atoms with Gasteiger partial charge < -0.3 is 20.9 Å². The maximum absolute atomic E-state index is 14.0. The lowest BCUT2D eigenvalue weighted by Crippen LogP contribution is -2.38. The van der Waals surface area contributed by atoms with Crippen LogP contribution in [0.25, 0.3) is 11.3 Å². The summed E-state index contributed by atoms with van der Waals surface area (Å²) < 4.78 is 15.1. The van der Waals surface area contributed by atoms with Gasteiger partial charge in [-0.1, -0.05) is 12.1 Å². The van der Waals surface area contributed by atoms with Crippen molar-refractivity contribution in [2.24, 2.45) is 0 Å². The number of hydrogen-bond acceptors (Lipinski definition) is 7. The van der Waals surface area contributed by atoms with E-state index in [2.05, 4.69) is 25.8 Å². The molecule has 2 amide bonds. The van der Waals surface area contributed by atoms with Gasteiger partial charge in [0.05, 0.1) is 24.5 Å². The zero-order valence-corrected chi connectivity index (χ0v) is 25.4. The summed E-state index contributed by atoms with van der Waals surface area (Å²) in [5.74, 6) is -1.56. The number of hydrogen-bond donors (Lipinski definition) is 3. The first-order valence-electron chi connectivity index (χ1n) is 14.8. The molecule has 0 bridgehead atoms. The predicted molar refractivity (Wildman–Crippen MR) is 171 cm³/mol. The average Bonchev–Trinajstić information content (AvgIpc) is 3.61. The summed E-state index contributed by atoms with van der Waals surface area (Å²) in [6, 6.07) is 17.1. The van der Waals surface area contributed by atoms with E-state index in [0.29, 0.717) is 33.5 Å². The van der Waals surface area contributed by atoms with Crippen molar-refractivity contribution in [3.8, 4) is 11.3 Å². The SMILES string of the molecule is CNC(=O)c1cccc(-c2cnc(NC(=O)[C@H](C)NC)c(=O)n2Cc2cc(C(=O)c3ccc(F)cc3)cc(N3CCCC3)c2)c1. The second-order valence-corrected chi connectivity index (χ2v) is 11.0. The number of likely N-dealkylation sites (N-methyl/N-ethyl adjacent to an activating group) is 1. The highest BCUT2D eigenvalue weighted by molar-refractivity contribution is 6.09. The van der Waals surface area contributed by atoms with E-state index in [1.807, 2.05) is 12.1 Å². The van der Waals surface area contributed by atoms with Crippen LogP contribution in [0.5, 0.6) is 0 Å². The van der Waals surface area contributed by atoms with Gasteiger partial charge in [0.1, 0.15) is 5.82 Å². The highest BCUT2D eigenvalue weighted by atomic mass is 19.1. The molecule has 11 heteroatoms. The van der Waals surface area contributed by atoms with Crippen molar-refractivity contribution in [1.82, 2.24) is 20.2 Å². The number of nitrogens with one attached hydrogen (secondary N) is 3. The fourth-order valence-electron chi connectivity index (χ4n) is 5.29. The Morgan fingerprint density at radius 3 is 2.36 bits per heavy atom. The standard InChI is InChI=1S/C34H35FN6O4/c1-21(36-2)32(43)39-31-34(45)41(29(19-38-31)24-7-6-8-25(17-24)33(44)37-3)20-22-15-26(18-28(16-22)40-13-4-5-14-40)30(42)23-9-11-27(35)12-10-23/h6-12,15-19,21,36H,4-5,13-14,20H2,1-3H3,(H,37,44)(H,38,39,43)/t21-/m0/s1. The zero-order valence-electron chi connectivity index (χ0n) is 25.4. The van der Waals surface area contributed by atoms with Crippen LogP contribution in [0.3, 0.4) is 0 Å². The molecule has 0 aliphatic carbocycles. The third-order valence-electron chi connectivity index (χ3n) is 7.93. The van der Waals surface area contributed by atoms with E-state index in [4.69, 9.17) is 0 Å². The minimum atomic E-state index is -0.569. The summed E-state index contributed by atoms with van der Waals surface area (Å²) in [7, 11) is 3.17. The van der Waals surface area contributed by atoms with Crippen LogP contribution in [0.2, 0.25) is 0 Å². The fourth-order valence-corrected chi connectivity index (χ4v) is 5.29. The van der Waals surface area contributed by atoms with Crippen molar-refractivity contribution in [3.05, 3.63) is 111 Å². The van der Waals surface area contributed by atoms with Crippen molar-refractivity contribution in [3.63, 3.8) is 0 Å². The number of amides is 2.